The number of ether oxygens (including phenoxy) is 1. The zero-order valence-corrected chi connectivity index (χ0v) is 12.9. The molecule has 1 atom stereocenters. The summed E-state index contributed by atoms with van der Waals surface area (Å²) in [5.41, 5.74) is 5.26. The number of methoxy groups -OCH3 is 1. The minimum absolute atomic E-state index is 0.505. The monoisotopic (exact) mass is 259 g/mol. The summed E-state index contributed by atoms with van der Waals surface area (Å²) in [4.78, 5) is 2.52. The van der Waals surface area contributed by atoms with E-state index < -0.39 is 0 Å². The highest BCUT2D eigenvalue weighted by Gasteiger charge is 2.26. The van der Waals surface area contributed by atoms with Gasteiger partial charge in [0, 0.05) is 18.3 Å². The van der Waals surface area contributed by atoms with Crippen LogP contribution in [0.1, 0.15) is 30.5 Å². The van der Waals surface area contributed by atoms with Crippen LogP contribution in [0, 0.1) is 26.7 Å². The second kappa shape index (κ2) is 5.28. The number of aryl methyl sites for hydroxylation is 1. The molecule has 2 nitrogen and oxygen atoms in total. The molecule has 1 aromatic rings. The van der Waals surface area contributed by atoms with Crippen molar-refractivity contribution in [3.05, 3.63) is 34.9 Å². The zero-order valence-electron chi connectivity index (χ0n) is 12.9. The maximum absolute atomic E-state index is 5.46. The third-order valence-electron chi connectivity index (χ3n) is 4.19. The summed E-state index contributed by atoms with van der Waals surface area (Å²) in [6.07, 6.45) is 4.62. The summed E-state index contributed by atoms with van der Waals surface area (Å²) in [6.45, 7) is 12.1. The molecule has 2 rings (SSSR count). The van der Waals surface area contributed by atoms with E-state index in [2.05, 4.69) is 57.7 Å². The van der Waals surface area contributed by atoms with E-state index in [1.165, 1.54) is 22.4 Å². The molecule has 0 fully saturated rings. The lowest BCUT2D eigenvalue weighted by atomic mass is 9.98. The van der Waals surface area contributed by atoms with Gasteiger partial charge in [-0.05, 0) is 49.4 Å². The Labute approximate surface area is 117 Å². The Hall–Kier alpha value is -1.44. The molecule has 1 heterocycles. The lowest BCUT2D eigenvalue weighted by Gasteiger charge is -2.33. The molecule has 0 saturated carbocycles. The maximum Gasteiger partial charge on any atom is 0.122 e. The molecule has 19 heavy (non-hydrogen) atoms. The van der Waals surface area contributed by atoms with Crippen LogP contribution in [-0.2, 0) is 0 Å². The Morgan fingerprint density at radius 1 is 1.21 bits per heavy atom. The van der Waals surface area contributed by atoms with Crippen molar-refractivity contribution in [1.82, 2.24) is 0 Å². The summed E-state index contributed by atoms with van der Waals surface area (Å²) < 4.78 is 5.46. The van der Waals surface area contributed by atoms with Crippen molar-refractivity contribution >= 4 is 5.69 Å². The molecule has 1 aromatic carbocycles. The Morgan fingerprint density at radius 3 is 2.47 bits per heavy atom. The summed E-state index contributed by atoms with van der Waals surface area (Å²) in [6, 6.07) is 2.66. The number of benzene rings is 1. The molecule has 0 bridgehead atoms. The SMILES string of the molecule is COc1cc(C)c(N2CC=C[C@@H]2C(C)C)c(C)c1C. The number of anilines is 1. The third kappa shape index (κ3) is 2.36. The second-order valence-corrected chi connectivity index (χ2v) is 5.81. The quantitative estimate of drug-likeness (QED) is 0.760. The van der Waals surface area contributed by atoms with Crippen LogP contribution in [0.15, 0.2) is 18.2 Å². The first-order valence-corrected chi connectivity index (χ1v) is 7.05. The molecule has 104 valence electrons. The van der Waals surface area contributed by atoms with Crippen molar-refractivity contribution in [3.63, 3.8) is 0 Å². The van der Waals surface area contributed by atoms with E-state index in [0.29, 0.717) is 12.0 Å². The molecule has 1 aliphatic rings. The second-order valence-electron chi connectivity index (χ2n) is 5.81. The van der Waals surface area contributed by atoms with Gasteiger partial charge in [0.1, 0.15) is 5.75 Å². The molecule has 1 aliphatic heterocycles. The average Bonchev–Trinajstić information content (AvgIpc) is 2.83. The largest absolute Gasteiger partial charge is 0.496 e. The van der Waals surface area contributed by atoms with Crippen LogP contribution in [-0.4, -0.2) is 19.7 Å². The standard InChI is InChI=1S/C17H25NO/c1-11(2)15-8-7-9-18(15)17-12(3)10-16(19-6)13(4)14(17)5/h7-8,10-11,15H,9H2,1-6H3/t15-/m1/s1. The van der Waals surface area contributed by atoms with Crippen LogP contribution in [0.5, 0.6) is 5.75 Å². The average molecular weight is 259 g/mol. The minimum Gasteiger partial charge on any atom is -0.496 e. The summed E-state index contributed by atoms with van der Waals surface area (Å²) in [5, 5.41) is 0. The summed E-state index contributed by atoms with van der Waals surface area (Å²) in [7, 11) is 1.75. The van der Waals surface area contributed by atoms with Gasteiger partial charge in [-0.1, -0.05) is 26.0 Å². The van der Waals surface area contributed by atoms with Crippen molar-refractivity contribution < 1.29 is 4.74 Å². The topological polar surface area (TPSA) is 12.5 Å². The van der Waals surface area contributed by atoms with Crippen LogP contribution >= 0.6 is 0 Å². The van der Waals surface area contributed by atoms with Crippen molar-refractivity contribution in [2.24, 2.45) is 5.92 Å². The summed E-state index contributed by atoms with van der Waals surface area (Å²) >= 11 is 0. The van der Waals surface area contributed by atoms with E-state index in [4.69, 9.17) is 4.74 Å². The van der Waals surface area contributed by atoms with Gasteiger partial charge in [0.05, 0.1) is 7.11 Å². The maximum atomic E-state index is 5.46. The van der Waals surface area contributed by atoms with E-state index in [1.807, 2.05) is 0 Å². The molecular formula is C17H25NO. The fraction of sp³-hybridized carbons (Fsp3) is 0.529. The fourth-order valence-electron chi connectivity index (χ4n) is 3.05. The minimum atomic E-state index is 0.505. The Morgan fingerprint density at radius 2 is 1.89 bits per heavy atom. The zero-order chi connectivity index (χ0) is 14.2. The highest BCUT2D eigenvalue weighted by Crippen LogP contribution is 2.37. The van der Waals surface area contributed by atoms with Gasteiger partial charge in [0.15, 0.2) is 0 Å². The van der Waals surface area contributed by atoms with Crippen molar-refractivity contribution in [3.8, 4) is 5.75 Å². The lowest BCUT2D eigenvalue weighted by molar-refractivity contribution is 0.411. The smallest absolute Gasteiger partial charge is 0.122 e. The van der Waals surface area contributed by atoms with Crippen molar-refractivity contribution in [2.75, 3.05) is 18.6 Å². The highest BCUT2D eigenvalue weighted by molar-refractivity contribution is 5.67. The van der Waals surface area contributed by atoms with Crippen molar-refractivity contribution in [2.45, 2.75) is 40.7 Å². The van der Waals surface area contributed by atoms with Gasteiger partial charge in [-0.15, -0.1) is 0 Å². The lowest BCUT2D eigenvalue weighted by Crippen LogP contribution is -2.35. The molecule has 0 aromatic heterocycles. The van der Waals surface area contributed by atoms with Crippen LogP contribution in [0.25, 0.3) is 0 Å². The van der Waals surface area contributed by atoms with Crippen LogP contribution in [0.3, 0.4) is 0 Å². The molecule has 0 radical (unpaired) electrons. The Bertz CT molecular complexity index is 502. The van der Waals surface area contributed by atoms with E-state index >= 15 is 0 Å². The van der Waals surface area contributed by atoms with Gasteiger partial charge in [0.2, 0.25) is 0 Å². The van der Waals surface area contributed by atoms with E-state index in [1.54, 1.807) is 7.11 Å². The predicted molar refractivity (Wildman–Crippen MR) is 82.3 cm³/mol. The summed E-state index contributed by atoms with van der Waals surface area (Å²) in [5.74, 6) is 1.62. The van der Waals surface area contributed by atoms with Crippen LogP contribution in [0.4, 0.5) is 5.69 Å². The molecule has 0 saturated heterocycles. The number of hydrogen-bond acceptors (Lipinski definition) is 2. The Balaban J connectivity index is 2.49. The van der Waals surface area contributed by atoms with Gasteiger partial charge < -0.3 is 9.64 Å². The molecule has 0 aliphatic carbocycles. The predicted octanol–water partition coefficient (Wildman–Crippen LogP) is 4.02. The number of nitrogens with zero attached hydrogens (tertiary/aromatic N) is 1. The van der Waals surface area contributed by atoms with E-state index in [0.717, 1.165) is 12.3 Å². The fourth-order valence-corrected chi connectivity index (χ4v) is 3.05. The van der Waals surface area contributed by atoms with E-state index in [9.17, 15) is 0 Å². The molecule has 0 N–H and O–H groups in total. The number of hydrogen-bond donors (Lipinski definition) is 0. The molecule has 0 amide bonds. The first-order valence-electron chi connectivity index (χ1n) is 7.05. The molecule has 2 heteroatoms. The van der Waals surface area contributed by atoms with Crippen molar-refractivity contribution in [1.29, 1.82) is 0 Å². The molecule has 0 spiro atoms. The van der Waals surface area contributed by atoms with Crippen LogP contribution < -0.4 is 9.64 Å². The van der Waals surface area contributed by atoms with Gasteiger partial charge in [-0.3, -0.25) is 0 Å². The normalized spacial score (nSPS) is 18.5. The van der Waals surface area contributed by atoms with Crippen LogP contribution in [0.2, 0.25) is 0 Å². The van der Waals surface area contributed by atoms with E-state index in [-0.39, 0.29) is 0 Å². The third-order valence-corrected chi connectivity index (χ3v) is 4.19. The first kappa shape index (κ1) is 14.0. The van der Waals surface area contributed by atoms with Gasteiger partial charge >= 0.3 is 0 Å². The Kier molecular flexibility index (Phi) is 3.88. The van der Waals surface area contributed by atoms with Gasteiger partial charge in [-0.2, -0.15) is 0 Å². The first-order chi connectivity index (χ1) is 8.97. The molecule has 0 unspecified atom stereocenters. The highest BCUT2D eigenvalue weighted by atomic mass is 16.5. The molecular weight excluding hydrogens is 234 g/mol. The van der Waals surface area contributed by atoms with Gasteiger partial charge in [0.25, 0.3) is 0 Å². The van der Waals surface area contributed by atoms with Gasteiger partial charge in [-0.25, -0.2) is 0 Å². The number of rotatable bonds is 3.